The standard InChI is InChI=1S/C11H12BrClN2OS/c1-2-3-15-10(8(13)5-14-15)11(16)9-4-7(12)6-17-9/h4-6,11,16H,2-3H2,1H3. The summed E-state index contributed by atoms with van der Waals surface area (Å²) in [5.74, 6) is 0. The predicted molar refractivity (Wildman–Crippen MR) is 73.6 cm³/mol. The summed E-state index contributed by atoms with van der Waals surface area (Å²) in [5.41, 5.74) is 0.669. The molecule has 0 aliphatic heterocycles. The molecule has 2 rings (SSSR count). The zero-order valence-corrected chi connectivity index (χ0v) is 12.4. The van der Waals surface area contributed by atoms with Crippen molar-refractivity contribution in [1.29, 1.82) is 0 Å². The van der Waals surface area contributed by atoms with E-state index in [1.807, 2.05) is 11.4 Å². The van der Waals surface area contributed by atoms with Crippen molar-refractivity contribution in [2.24, 2.45) is 0 Å². The van der Waals surface area contributed by atoms with Gasteiger partial charge >= 0.3 is 0 Å². The third-order valence-corrected chi connectivity index (χ3v) is 4.42. The van der Waals surface area contributed by atoms with Gasteiger partial charge in [0.25, 0.3) is 0 Å². The Morgan fingerprint density at radius 2 is 2.41 bits per heavy atom. The molecule has 2 aromatic heterocycles. The van der Waals surface area contributed by atoms with Gasteiger partial charge in [0.05, 0.1) is 16.9 Å². The van der Waals surface area contributed by atoms with Gasteiger partial charge in [0, 0.05) is 21.3 Å². The van der Waals surface area contributed by atoms with E-state index in [0.717, 1.165) is 22.3 Å². The fourth-order valence-corrected chi connectivity index (χ4v) is 3.32. The molecule has 6 heteroatoms. The Balaban J connectivity index is 2.35. The molecule has 0 amide bonds. The fourth-order valence-electron chi connectivity index (χ4n) is 1.64. The summed E-state index contributed by atoms with van der Waals surface area (Å²) < 4.78 is 2.73. The molecule has 1 unspecified atom stereocenters. The lowest BCUT2D eigenvalue weighted by Gasteiger charge is -2.12. The molecule has 0 fully saturated rings. The summed E-state index contributed by atoms with van der Waals surface area (Å²) >= 11 is 11.0. The molecule has 0 saturated carbocycles. The van der Waals surface area contributed by atoms with Gasteiger partial charge in [0.15, 0.2) is 0 Å². The average Bonchev–Trinajstić information content (AvgIpc) is 2.86. The first kappa shape index (κ1) is 13.1. The largest absolute Gasteiger partial charge is 0.381 e. The molecule has 0 saturated heterocycles. The highest BCUT2D eigenvalue weighted by molar-refractivity contribution is 9.10. The maximum absolute atomic E-state index is 10.3. The molecular weight excluding hydrogens is 324 g/mol. The monoisotopic (exact) mass is 334 g/mol. The topological polar surface area (TPSA) is 38.0 Å². The third kappa shape index (κ3) is 2.73. The maximum atomic E-state index is 10.3. The summed E-state index contributed by atoms with van der Waals surface area (Å²) in [7, 11) is 0. The molecular formula is C11H12BrClN2OS. The molecule has 0 aliphatic carbocycles. The van der Waals surface area contributed by atoms with Gasteiger partial charge in [-0.05, 0) is 28.4 Å². The van der Waals surface area contributed by atoms with Gasteiger partial charge in [0.2, 0.25) is 0 Å². The van der Waals surface area contributed by atoms with Crippen LogP contribution in [0.5, 0.6) is 0 Å². The summed E-state index contributed by atoms with van der Waals surface area (Å²) in [6, 6.07) is 1.90. The highest BCUT2D eigenvalue weighted by Crippen LogP contribution is 2.33. The van der Waals surface area contributed by atoms with Crippen LogP contribution in [0.4, 0.5) is 0 Å². The van der Waals surface area contributed by atoms with Gasteiger partial charge in [-0.25, -0.2) is 0 Å². The quantitative estimate of drug-likeness (QED) is 0.921. The van der Waals surface area contributed by atoms with E-state index in [1.165, 1.54) is 11.3 Å². The second kappa shape index (κ2) is 5.52. The summed E-state index contributed by atoms with van der Waals surface area (Å²) in [6.45, 7) is 2.82. The Morgan fingerprint density at radius 3 is 3.00 bits per heavy atom. The minimum Gasteiger partial charge on any atom is -0.381 e. The van der Waals surface area contributed by atoms with E-state index in [1.54, 1.807) is 10.9 Å². The molecule has 0 aromatic carbocycles. The van der Waals surface area contributed by atoms with Gasteiger partial charge in [-0.2, -0.15) is 5.10 Å². The molecule has 17 heavy (non-hydrogen) atoms. The van der Waals surface area contributed by atoms with Gasteiger partial charge in [-0.1, -0.05) is 18.5 Å². The lowest BCUT2D eigenvalue weighted by Crippen LogP contribution is -2.09. The second-order valence-electron chi connectivity index (χ2n) is 3.67. The molecule has 1 N–H and O–H groups in total. The number of aliphatic hydroxyl groups is 1. The van der Waals surface area contributed by atoms with E-state index in [2.05, 4.69) is 28.0 Å². The number of nitrogens with zero attached hydrogens (tertiary/aromatic N) is 2. The van der Waals surface area contributed by atoms with Crippen molar-refractivity contribution in [3.05, 3.63) is 37.7 Å². The number of aliphatic hydroxyl groups excluding tert-OH is 1. The Kier molecular flexibility index (Phi) is 4.25. The Morgan fingerprint density at radius 1 is 1.65 bits per heavy atom. The molecule has 0 spiro atoms. The lowest BCUT2D eigenvalue weighted by molar-refractivity contribution is 0.211. The van der Waals surface area contributed by atoms with E-state index >= 15 is 0 Å². The van der Waals surface area contributed by atoms with Gasteiger partial charge < -0.3 is 5.11 Å². The second-order valence-corrected chi connectivity index (χ2v) is 5.94. The molecule has 2 aromatic rings. The minimum absolute atomic E-state index is 0.510. The van der Waals surface area contributed by atoms with Gasteiger partial charge in [0.1, 0.15) is 6.10 Å². The average molecular weight is 336 g/mol. The molecule has 3 nitrogen and oxygen atoms in total. The first-order valence-electron chi connectivity index (χ1n) is 5.26. The number of thiophene rings is 1. The Labute approximate surface area is 117 Å². The zero-order chi connectivity index (χ0) is 12.4. The number of hydrogen-bond acceptors (Lipinski definition) is 3. The first-order valence-corrected chi connectivity index (χ1v) is 7.31. The Bertz CT molecular complexity index is 511. The number of rotatable bonds is 4. The van der Waals surface area contributed by atoms with E-state index in [9.17, 15) is 5.11 Å². The molecule has 0 bridgehead atoms. The van der Waals surface area contributed by atoms with E-state index in [4.69, 9.17) is 11.6 Å². The van der Waals surface area contributed by atoms with Crippen molar-refractivity contribution in [2.75, 3.05) is 0 Å². The number of hydrogen-bond donors (Lipinski definition) is 1. The molecule has 2 heterocycles. The highest BCUT2D eigenvalue weighted by atomic mass is 79.9. The molecule has 1 atom stereocenters. The minimum atomic E-state index is -0.715. The van der Waals surface area contributed by atoms with Crippen molar-refractivity contribution < 1.29 is 5.11 Å². The molecule has 0 aliphatic rings. The summed E-state index contributed by atoms with van der Waals surface area (Å²) in [6.07, 6.45) is 1.82. The third-order valence-electron chi connectivity index (χ3n) is 2.38. The maximum Gasteiger partial charge on any atom is 0.131 e. The van der Waals surface area contributed by atoms with Crippen LogP contribution in [0.15, 0.2) is 22.1 Å². The van der Waals surface area contributed by atoms with Crippen LogP contribution in [0.2, 0.25) is 5.02 Å². The van der Waals surface area contributed by atoms with Crippen LogP contribution in [-0.2, 0) is 6.54 Å². The summed E-state index contributed by atoms with van der Waals surface area (Å²) in [5, 5.41) is 17.0. The predicted octanol–water partition coefficient (Wildman–Crippen LogP) is 3.85. The normalized spacial score (nSPS) is 12.9. The van der Waals surface area contributed by atoms with Gasteiger partial charge in [-0.3, -0.25) is 4.68 Å². The Hall–Kier alpha value is -0.360. The van der Waals surface area contributed by atoms with Crippen LogP contribution in [0.3, 0.4) is 0 Å². The number of halogens is 2. The SMILES string of the molecule is CCCn1ncc(Cl)c1C(O)c1cc(Br)cs1. The van der Waals surface area contributed by atoms with Crippen molar-refractivity contribution in [2.45, 2.75) is 26.0 Å². The van der Waals surface area contributed by atoms with Crippen molar-refractivity contribution in [3.63, 3.8) is 0 Å². The van der Waals surface area contributed by atoms with E-state index < -0.39 is 6.10 Å². The van der Waals surface area contributed by atoms with Crippen molar-refractivity contribution in [3.8, 4) is 0 Å². The van der Waals surface area contributed by atoms with Crippen molar-refractivity contribution >= 4 is 38.9 Å². The fraction of sp³-hybridized carbons (Fsp3) is 0.364. The van der Waals surface area contributed by atoms with Crippen LogP contribution >= 0.6 is 38.9 Å². The van der Waals surface area contributed by atoms with Crippen molar-refractivity contribution in [1.82, 2.24) is 9.78 Å². The smallest absolute Gasteiger partial charge is 0.131 e. The highest BCUT2D eigenvalue weighted by Gasteiger charge is 2.20. The van der Waals surface area contributed by atoms with Crippen LogP contribution in [0.25, 0.3) is 0 Å². The molecule has 92 valence electrons. The first-order chi connectivity index (χ1) is 8.13. The van der Waals surface area contributed by atoms with E-state index in [-0.39, 0.29) is 0 Å². The van der Waals surface area contributed by atoms with Crippen LogP contribution < -0.4 is 0 Å². The van der Waals surface area contributed by atoms with Crippen LogP contribution in [0, 0.1) is 0 Å². The number of aromatic nitrogens is 2. The lowest BCUT2D eigenvalue weighted by atomic mass is 10.2. The number of aryl methyl sites for hydroxylation is 1. The summed E-state index contributed by atoms with van der Waals surface area (Å²) in [4.78, 5) is 0.858. The molecule has 0 radical (unpaired) electrons. The van der Waals surface area contributed by atoms with Crippen LogP contribution in [-0.4, -0.2) is 14.9 Å². The zero-order valence-electron chi connectivity index (χ0n) is 9.23. The van der Waals surface area contributed by atoms with E-state index in [0.29, 0.717) is 10.7 Å². The van der Waals surface area contributed by atoms with Crippen LogP contribution in [0.1, 0.15) is 30.0 Å². The van der Waals surface area contributed by atoms with Gasteiger partial charge in [-0.15, -0.1) is 11.3 Å².